The normalized spacial score (nSPS) is 12.7. The molecule has 23 heavy (non-hydrogen) atoms. The summed E-state index contributed by atoms with van der Waals surface area (Å²) < 4.78 is 37.2. The van der Waals surface area contributed by atoms with Gasteiger partial charge in [-0.1, -0.05) is 35.6 Å². The van der Waals surface area contributed by atoms with Crippen LogP contribution in [-0.2, 0) is 17.1 Å². The van der Waals surface area contributed by atoms with Crippen LogP contribution in [0.15, 0.2) is 57.8 Å². The van der Waals surface area contributed by atoms with Crippen molar-refractivity contribution >= 4 is 31.6 Å². The Kier molecular flexibility index (Phi) is 4.23. The Morgan fingerprint density at radius 2 is 1.87 bits per heavy atom. The van der Waals surface area contributed by atoms with Gasteiger partial charge in [0, 0.05) is 7.05 Å². The van der Waals surface area contributed by atoms with Crippen LogP contribution in [0.2, 0.25) is 0 Å². The zero-order valence-electron chi connectivity index (χ0n) is 12.8. The summed E-state index contributed by atoms with van der Waals surface area (Å²) in [7, 11) is -1.94. The summed E-state index contributed by atoms with van der Waals surface area (Å²) >= 11 is 1.32. The third kappa shape index (κ3) is 3.02. The molecule has 0 atom stereocenters. The van der Waals surface area contributed by atoms with Gasteiger partial charge < -0.3 is 9.30 Å². The van der Waals surface area contributed by atoms with Crippen molar-refractivity contribution in [2.75, 3.05) is 6.61 Å². The molecule has 0 aliphatic rings. The van der Waals surface area contributed by atoms with Gasteiger partial charge in [-0.3, -0.25) is 0 Å². The summed E-state index contributed by atoms with van der Waals surface area (Å²) in [5.41, 5.74) is 0.848. The molecule has 0 N–H and O–H groups in total. The Balaban J connectivity index is 2.21. The van der Waals surface area contributed by atoms with Gasteiger partial charge in [0.25, 0.3) is 10.0 Å². The van der Waals surface area contributed by atoms with E-state index in [0.29, 0.717) is 11.4 Å². The number of aromatic nitrogens is 1. The van der Waals surface area contributed by atoms with Crippen molar-refractivity contribution in [3.8, 4) is 5.75 Å². The fraction of sp³-hybridized carbons (Fsp3) is 0.188. The number of fused-ring (bicyclic) bond motifs is 1. The molecule has 0 aliphatic heterocycles. The van der Waals surface area contributed by atoms with Gasteiger partial charge in [-0.2, -0.15) is 8.42 Å². The molecule has 0 saturated heterocycles. The third-order valence-electron chi connectivity index (χ3n) is 3.32. The molecule has 0 bridgehead atoms. The lowest BCUT2D eigenvalue weighted by atomic mass is 10.3. The van der Waals surface area contributed by atoms with E-state index in [4.69, 9.17) is 4.74 Å². The van der Waals surface area contributed by atoms with Crippen LogP contribution in [0.25, 0.3) is 10.2 Å². The maximum Gasteiger partial charge on any atom is 0.285 e. The van der Waals surface area contributed by atoms with E-state index >= 15 is 0 Å². The van der Waals surface area contributed by atoms with Gasteiger partial charge in [-0.25, -0.2) is 0 Å². The van der Waals surface area contributed by atoms with Crippen molar-refractivity contribution in [2.45, 2.75) is 11.8 Å². The van der Waals surface area contributed by atoms with Crippen LogP contribution in [0.1, 0.15) is 6.92 Å². The highest BCUT2D eigenvalue weighted by Gasteiger charge is 2.14. The van der Waals surface area contributed by atoms with Crippen LogP contribution in [0.5, 0.6) is 5.75 Å². The number of thiazole rings is 1. The molecule has 1 heterocycles. The first-order valence-corrected chi connectivity index (χ1v) is 9.36. The van der Waals surface area contributed by atoms with Crippen LogP contribution in [0.3, 0.4) is 0 Å². The van der Waals surface area contributed by atoms with E-state index in [1.54, 1.807) is 29.8 Å². The van der Waals surface area contributed by atoms with E-state index in [1.165, 1.54) is 23.5 Å². The van der Waals surface area contributed by atoms with Crippen LogP contribution < -0.4 is 9.54 Å². The number of hydrogen-bond donors (Lipinski definition) is 0. The Morgan fingerprint density at radius 3 is 2.57 bits per heavy atom. The second-order valence-corrected chi connectivity index (χ2v) is 7.47. The molecule has 120 valence electrons. The topological polar surface area (TPSA) is 60.7 Å². The second kappa shape index (κ2) is 6.17. The average Bonchev–Trinajstić information content (AvgIpc) is 2.85. The van der Waals surface area contributed by atoms with Crippen LogP contribution in [-0.4, -0.2) is 19.6 Å². The summed E-state index contributed by atoms with van der Waals surface area (Å²) in [6, 6.07) is 13.9. The lowest BCUT2D eigenvalue weighted by Crippen LogP contribution is -2.14. The van der Waals surface area contributed by atoms with Gasteiger partial charge in [0.15, 0.2) is 0 Å². The molecule has 0 spiro atoms. The monoisotopic (exact) mass is 348 g/mol. The summed E-state index contributed by atoms with van der Waals surface area (Å²) in [5, 5.41) is 0. The average molecular weight is 348 g/mol. The fourth-order valence-corrected chi connectivity index (χ4v) is 4.56. The highest BCUT2D eigenvalue weighted by atomic mass is 32.2. The van der Waals surface area contributed by atoms with E-state index in [1.807, 2.05) is 25.1 Å². The fourth-order valence-electron chi connectivity index (χ4n) is 2.28. The van der Waals surface area contributed by atoms with E-state index < -0.39 is 10.0 Å². The molecule has 3 rings (SSSR count). The molecule has 5 nitrogen and oxygen atoms in total. The molecular formula is C16H16N2O3S2. The highest BCUT2D eigenvalue weighted by molar-refractivity contribution is 7.90. The molecule has 0 radical (unpaired) electrons. The van der Waals surface area contributed by atoms with Crippen molar-refractivity contribution in [2.24, 2.45) is 11.4 Å². The predicted molar refractivity (Wildman–Crippen MR) is 91.2 cm³/mol. The smallest absolute Gasteiger partial charge is 0.285 e. The first-order chi connectivity index (χ1) is 11.0. The number of nitrogens with zero attached hydrogens (tertiary/aromatic N) is 2. The Labute approximate surface area is 138 Å². The van der Waals surface area contributed by atoms with Crippen LogP contribution >= 0.6 is 11.3 Å². The van der Waals surface area contributed by atoms with Crippen molar-refractivity contribution in [3.05, 3.63) is 53.3 Å². The Morgan fingerprint density at radius 1 is 1.13 bits per heavy atom. The maximum absolute atomic E-state index is 12.4. The first kappa shape index (κ1) is 15.8. The number of ether oxygens (including phenoxy) is 1. The Bertz CT molecular complexity index is 1000. The van der Waals surface area contributed by atoms with Crippen molar-refractivity contribution in [1.29, 1.82) is 0 Å². The molecule has 0 amide bonds. The second-order valence-electron chi connectivity index (χ2n) is 4.86. The van der Waals surface area contributed by atoms with E-state index in [9.17, 15) is 8.42 Å². The summed E-state index contributed by atoms with van der Waals surface area (Å²) in [4.78, 5) is 0.596. The van der Waals surface area contributed by atoms with Gasteiger partial charge in [0.2, 0.25) is 4.80 Å². The summed E-state index contributed by atoms with van der Waals surface area (Å²) in [5.74, 6) is 0.724. The predicted octanol–water partition coefficient (Wildman–Crippen LogP) is 2.93. The molecule has 0 fully saturated rings. The van der Waals surface area contributed by atoms with Gasteiger partial charge in [-0.05, 0) is 31.2 Å². The number of para-hydroxylation sites is 1. The van der Waals surface area contributed by atoms with Crippen LogP contribution in [0, 0.1) is 0 Å². The zero-order chi connectivity index (χ0) is 16.4. The molecule has 0 unspecified atom stereocenters. The van der Waals surface area contributed by atoms with E-state index in [2.05, 4.69) is 4.40 Å². The quantitative estimate of drug-likeness (QED) is 0.728. The summed E-state index contributed by atoms with van der Waals surface area (Å²) in [6.07, 6.45) is 0. The number of rotatable bonds is 4. The van der Waals surface area contributed by atoms with Crippen molar-refractivity contribution in [1.82, 2.24) is 4.57 Å². The lowest BCUT2D eigenvalue weighted by molar-refractivity contribution is 0.343. The maximum atomic E-state index is 12.4. The molecule has 2 aromatic carbocycles. The largest absolute Gasteiger partial charge is 0.492 e. The standard InChI is InChI=1S/C16H16N2O3S2/c1-3-21-13-10-7-11-14-15(13)18(2)16(22-14)17-23(19,20)12-8-5-4-6-9-12/h4-11H,3H2,1-2H3/b17-16-. The highest BCUT2D eigenvalue weighted by Crippen LogP contribution is 2.27. The van der Waals surface area contributed by atoms with E-state index in [0.717, 1.165) is 16.0 Å². The molecule has 0 aliphatic carbocycles. The lowest BCUT2D eigenvalue weighted by Gasteiger charge is -2.05. The van der Waals surface area contributed by atoms with E-state index in [-0.39, 0.29) is 4.90 Å². The Hall–Kier alpha value is -2.12. The summed E-state index contributed by atoms with van der Waals surface area (Å²) in [6.45, 7) is 2.46. The molecule has 7 heteroatoms. The van der Waals surface area contributed by atoms with Gasteiger partial charge in [0.1, 0.15) is 11.3 Å². The van der Waals surface area contributed by atoms with Gasteiger partial charge in [0.05, 0.1) is 16.2 Å². The number of sulfonamides is 1. The van der Waals surface area contributed by atoms with Crippen LogP contribution in [0.4, 0.5) is 0 Å². The van der Waals surface area contributed by atoms with Gasteiger partial charge >= 0.3 is 0 Å². The number of aryl methyl sites for hydroxylation is 1. The SMILES string of the molecule is CCOc1cccc2s/c(=N\S(=O)(=O)c3ccccc3)n(C)c12. The minimum atomic E-state index is -3.73. The van der Waals surface area contributed by atoms with Gasteiger partial charge in [-0.15, -0.1) is 4.40 Å². The van der Waals surface area contributed by atoms with Crippen molar-refractivity contribution in [3.63, 3.8) is 0 Å². The molecule has 0 saturated carbocycles. The third-order valence-corrected chi connectivity index (χ3v) is 5.82. The minimum Gasteiger partial charge on any atom is -0.492 e. The minimum absolute atomic E-state index is 0.183. The molecular weight excluding hydrogens is 332 g/mol. The molecule has 3 aromatic rings. The molecule has 1 aromatic heterocycles. The van der Waals surface area contributed by atoms with Crippen molar-refractivity contribution < 1.29 is 13.2 Å². The zero-order valence-corrected chi connectivity index (χ0v) is 14.4. The number of benzene rings is 2. The number of hydrogen-bond acceptors (Lipinski definition) is 4. The first-order valence-electron chi connectivity index (χ1n) is 7.10.